The Balaban J connectivity index is 2.06. The predicted octanol–water partition coefficient (Wildman–Crippen LogP) is 3.47. The Morgan fingerprint density at radius 3 is 2.56 bits per heavy atom. The first kappa shape index (κ1) is 18.8. The molecule has 0 bridgehead atoms. The van der Waals surface area contributed by atoms with Crippen LogP contribution in [-0.2, 0) is 4.79 Å². The number of benzene rings is 2. The van der Waals surface area contributed by atoms with Crippen LogP contribution in [0.5, 0.6) is 11.5 Å². The fraction of sp³-hybridized carbons (Fsp3) is 0.222. The summed E-state index contributed by atoms with van der Waals surface area (Å²) in [5.41, 5.74) is 2.60. The number of amides is 1. The molecule has 3 N–H and O–H groups in total. The molecule has 132 valence electrons. The smallest absolute Gasteiger partial charge is 0.262 e. The Morgan fingerprint density at radius 1 is 1.24 bits per heavy atom. The molecule has 0 unspecified atom stereocenters. The lowest BCUT2D eigenvalue weighted by Crippen LogP contribution is -2.20. The predicted molar refractivity (Wildman–Crippen MR) is 102 cm³/mol. The van der Waals surface area contributed by atoms with Crippen molar-refractivity contribution in [1.82, 2.24) is 0 Å². The Kier molecular flexibility index (Phi) is 6.82. The highest BCUT2D eigenvalue weighted by molar-refractivity contribution is 9.10. The van der Waals surface area contributed by atoms with Gasteiger partial charge in [-0.05, 0) is 54.0 Å². The summed E-state index contributed by atoms with van der Waals surface area (Å²) in [6.07, 6.45) is 1.50. The van der Waals surface area contributed by atoms with Crippen molar-refractivity contribution < 1.29 is 14.3 Å². The molecule has 7 heteroatoms. The second kappa shape index (κ2) is 9.08. The van der Waals surface area contributed by atoms with E-state index in [9.17, 15) is 4.79 Å². The van der Waals surface area contributed by atoms with E-state index < -0.39 is 0 Å². The van der Waals surface area contributed by atoms with Gasteiger partial charge in [0.05, 0.1) is 12.8 Å². The van der Waals surface area contributed by atoms with E-state index in [4.69, 9.17) is 15.3 Å². The highest BCUT2D eigenvalue weighted by Crippen LogP contribution is 2.33. The second-order valence-electron chi connectivity index (χ2n) is 5.23. The molecule has 25 heavy (non-hydrogen) atoms. The molecule has 0 aliphatic heterocycles. The van der Waals surface area contributed by atoms with Crippen molar-refractivity contribution >= 4 is 33.7 Å². The van der Waals surface area contributed by atoms with Gasteiger partial charge in [-0.25, -0.2) is 0 Å². The molecular formula is C18H20BrN3O3. The summed E-state index contributed by atoms with van der Waals surface area (Å²) in [6, 6.07) is 11.0. The number of halogens is 1. The van der Waals surface area contributed by atoms with E-state index in [1.165, 1.54) is 6.21 Å². The Bertz CT molecular complexity index is 761. The molecule has 0 saturated heterocycles. The van der Waals surface area contributed by atoms with Crippen molar-refractivity contribution in [2.75, 3.05) is 18.5 Å². The molecule has 0 aliphatic rings. The van der Waals surface area contributed by atoms with Crippen molar-refractivity contribution in [3.63, 3.8) is 0 Å². The molecule has 0 heterocycles. The first-order chi connectivity index (χ1) is 12.0. The maximum absolute atomic E-state index is 12.1. The van der Waals surface area contributed by atoms with Gasteiger partial charge in [0.15, 0.2) is 18.1 Å². The first-order valence-corrected chi connectivity index (χ1v) is 8.51. The minimum Gasteiger partial charge on any atom is -0.490 e. The van der Waals surface area contributed by atoms with E-state index in [1.54, 1.807) is 12.1 Å². The zero-order valence-corrected chi connectivity index (χ0v) is 15.7. The average molecular weight is 406 g/mol. The number of carbonyl (C=O) groups excluding carboxylic acids is 1. The van der Waals surface area contributed by atoms with E-state index in [2.05, 4.69) is 26.3 Å². The van der Waals surface area contributed by atoms with Crippen LogP contribution in [0.4, 0.5) is 5.69 Å². The molecule has 0 fully saturated rings. The number of anilines is 1. The van der Waals surface area contributed by atoms with Crippen LogP contribution in [0, 0.1) is 6.92 Å². The molecule has 0 aromatic heterocycles. The van der Waals surface area contributed by atoms with Crippen LogP contribution in [0.3, 0.4) is 0 Å². The van der Waals surface area contributed by atoms with Crippen molar-refractivity contribution in [2.24, 2.45) is 10.9 Å². The largest absolute Gasteiger partial charge is 0.490 e. The summed E-state index contributed by atoms with van der Waals surface area (Å²) in [6.45, 7) is 4.19. The summed E-state index contributed by atoms with van der Waals surface area (Å²) in [4.78, 5) is 12.1. The van der Waals surface area contributed by atoms with Gasteiger partial charge in [-0.2, -0.15) is 5.10 Å². The lowest BCUT2D eigenvalue weighted by atomic mass is 10.2. The van der Waals surface area contributed by atoms with E-state index in [0.29, 0.717) is 18.1 Å². The molecule has 0 spiro atoms. The quantitative estimate of drug-likeness (QED) is 0.419. The molecule has 6 nitrogen and oxygen atoms in total. The van der Waals surface area contributed by atoms with E-state index in [0.717, 1.165) is 21.3 Å². The van der Waals surface area contributed by atoms with Gasteiger partial charge in [0.1, 0.15) is 0 Å². The van der Waals surface area contributed by atoms with Crippen LogP contribution in [0.1, 0.15) is 18.1 Å². The van der Waals surface area contributed by atoms with Crippen molar-refractivity contribution in [1.29, 1.82) is 0 Å². The standard InChI is InChI=1S/C18H20BrN3O3/c1-3-24-16-8-13(10-21-20)15(19)9-17(16)25-11-18(23)22-14-6-4-12(2)5-7-14/h4-10H,3,11,20H2,1-2H3,(H,22,23). The minimum absolute atomic E-state index is 0.134. The normalized spacial score (nSPS) is 10.7. The van der Waals surface area contributed by atoms with Crippen LogP contribution < -0.4 is 20.6 Å². The fourth-order valence-corrected chi connectivity index (χ4v) is 2.51. The van der Waals surface area contributed by atoms with Crippen molar-refractivity contribution in [2.45, 2.75) is 13.8 Å². The van der Waals surface area contributed by atoms with Gasteiger partial charge in [0.2, 0.25) is 0 Å². The van der Waals surface area contributed by atoms with E-state index in [-0.39, 0.29) is 12.5 Å². The van der Waals surface area contributed by atoms with Crippen LogP contribution >= 0.6 is 15.9 Å². The SMILES string of the molecule is CCOc1cc(C=NN)c(Br)cc1OCC(=O)Nc1ccc(C)cc1. The molecule has 0 radical (unpaired) electrons. The molecule has 2 aromatic rings. The molecule has 0 saturated carbocycles. The monoisotopic (exact) mass is 405 g/mol. The third-order valence-electron chi connectivity index (χ3n) is 3.27. The summed E-state index contributed by atoms with van der Waals surface area (Å²) in [5.74, 6) is 5.92. The molecular weight excluding hydrogens is 386 g/mol. The van der Waals surface area contributed by atoms with Gasteiger partial charge in [0, 0.05) is 15.7 Å². The van der Waals surface area contributed by atoms with E-state index >= 15 is 0 Å². The Labute approximate surface area is 155 Å². The number of nitrogens with one attached hydrogen (secondary N) is 1. The highest BCUT2D eigenvalue weighted by Gasteiger charge is 2.12. The Hall–Kier alpha value is -2.54. The fourth-order valence-electron chi connectivity index (χ4n) is 2.09. The third kappa shape index (κ3) is 5.49. The first-order valence-electron chi connectivity index (χ1n) is 7.72. The van der Waals surface area contributed by atoms with Crippen molar-refractivity contribution in [3.05, 3.63) is 52.0 Å². The second-order valence-corrected chi connectivity index (χ2v) is 6.09. The summed E-state index contributed by atoms with van der Waals surface area (Å²) in [7, 11) is 0. The number of nitrogens with two attached hydrogens (primary N) is 1. The topological polar surface area (TPSA) is 85.9 Å². The van der Waals surface area contributed by atoms with Gasteiger partial charge < -0.3 is 20.6 Å². The maximum atomic E-state index is 12.1. The van der Waals surface area contributed by atoms with Crippen LogP contribution in [0.2, 0.25) is 0 Å². The summed E-state index contributed by atoms with van der Waals surface area (Å²) in [5, 5.41) is 6.29. The number of hydrogen-bond donors (Lipinski definition) is 2. The highest BCUT2D eigenvalue weighted by atomic mass is 79.9. The number of rotatable bonds is 7. The Morgan fingerprint density at radius 2 is 1.92 bits per heavy atom. The molecule has 2 rings (SSSR count). The zero-order chi connectivity index (χ0) is 18.2. The molecule has 0 atom stereocenters. The zero-order valence-electron chi connectivity index (χ0n) is 14.1. The minimum atomic E-state index is -0.255. The number of hydrogen-bond acceptors (Lipinski definition) is 5. The lowest BCUT2D eigenvalue weighted by molar-refractivity contribution is -0.118. The van der Waals surface area contributed by atoms with Crippen LogP contribution in [0.15, 0.2) is 46.0 Å². The lowest BCUT2D eigenvalue weighted by Gasteiger charge is -2.14. The number of aryl methyl sites for hydroxylation is 1. The van der Waals surface area contributed by atoms with Gasteiger partial charge in [0.25, 0.3) is 5.91 Å². The number of ether oxygens (including phenoxy) is 2. The average Bonchev–Trinajstić information content (AvgIpc) is 2.59. The molecule has 2 aromatic carbocycles. The molecule has 0 aliphatic carbocycles. The van der Waals surface area contributed by atoms with Crippen LogP contribution in [-0.4, -0.2) is 25.3 Å². The number of nitrogens with zero attached hydrogens (tertiary/aromatic N) is 1. The van der Waals surface area contributed by atoms with Crippen LogP contribution in [0.25, 0.3) is 0 Å². The van der Waals surface area contributed by atoms with Gasteiger partial charge in [-0.1, -0.05) is 17.7 Å². The summed E-state index contributed by atoms with van der Waals surface area (Å²) < 4.78 is 11.9. The number of hydrazone groups is 1. The van der Waals surface area contributed by atoms with Gasteiger partial charge in [-0.3, -0.25) is 4.79 Å². The van der Waals surface area contributed by atoms with Gasteiger partial charge in [-0.15, -0.1) is 0 Å². The number of carbonyl (C=O) groups is 1. The molecule has 1 amide bonds. The maximum Gasteiger partial charge on any atom is 0.262 e. The van der Waals surface area contributed by atoms with E-state index in [1.807, 2.05) is 38.1 Å². The van der Waals surface area contributed by atoms with Crippen molar-refractivity contribution in [3.8, 4) is 11.5 Å². The third-order valence-corrected chi connectivity index (χ3v) is 3.96. The van der Waals surface area contributed by atoms with Gasteiger partial charge >= 0.3 is 0 Å². The summed E-state index contributed by atoms with van der Waals surface area (Å²) >= 11 is 3.42.